The summed E-state index contributed by atoms with van der Waals surface area (Å²) >= 11 is 7.07. The second-order valence-corrected chi connectivity index (χ2v) is 10.1. The number of amides is 2. The number of carbonyl (C=O) groups excluding carboxylic acids is 2. The number of ether oxygens (including phenoxy) is 1. The Bertz CT molecular complexity index is 1250. The summed E-state index contributed by atoms with van der Waals surface area (Å²) in [5.41, 5.74) is 0.0137. The van der Waals surface area contributed by atoms with Crippen molar-refractivity contribution in [3.05, 3.63) is 88.9 Å². The van der Waals surface area contributed by atoms with Gasteiger partial charge in [-0.05, 0) is 72.6 Å². The predicted molar refractivity (Wildman–Crippen MR) is 139 cm³/mol. The average molecular weight is 549 g/mol. The highest BCUT2D eigenvalue weighted by molar-refractivity contribution is 8.01. The van der Waals surface area contributed by atoms with E-state index < -0.39 is 22.4 Å². The molecule has 1 fully saturated rings. The van der Waals surface area contributed by atoms with Gasteiger partial charge in [0.1, 0.15) is 16.9 Å². The van der Waals surface area contributed by atoms with Crippen LogP contribution in [0.2, 0.25) is 5.02 Å². The summed E-state index contributed by atoms with van der Waals surface area (Å²) in [6, 6.07) is 18.4. The molecule has 37 heavy (non-hydrogen) atoms. The van der Waals surface area contributed by atoms with E-state index in [1.54, 1.807) is 54.6 Å². The van der Waals surface area contributed by atoms with Gasteiger partial charge in [-0.1, -0.05) is 30.7 Å². The minimum atomic E-state index is -4.52. The molecular formula is C27H24ClF3N2O3S. The molecular weight excluding hydrogens is 525 g/mol. The maximum atomic E-state index is 13.4. The van der Waals surface area contributed by atoms with E-state index in [1.165, 1.54) is 22.7 Å². The molecule has 194 valence electrons. The molecule has 1 aliphatic rings. The third-order valence-electron chi connectivity index (χ3n) is 5.65. The summed E-state index contributed by atoms with van der Waals surface area (Å²) in [6.45, 7) is 2.40. The van der Waals surface area contributed by atoms with Gasteiger partial charge in [0, 0.05) is 23.7 Å². The number of hydrogen-bond donors (Lipinski definition) is 1. The van der Waals surface area contributed by atoms with Crippen LogP contribution in [0.1, 0.15) is 36.3 Å². The monoisotopic (exact) mass is 548 g/mol. The summed E-state index contributed by atoms with van der Waals surface area (Å²) in [4.78, 5) is 27.2. The zero-order valence-corrected chi connectivity index (χ0v) is 21.4. The lowest BCUT2D eigenvalue weighted by Gasteiger charge is -2.25. The predicted octanol–water partition coefficient (Wildman–Crippen LogP) is 7.21. The Hall–Kier alpha value is -3.17. The van der Waals surface area contributed by atoms with Crippen molar-refractivity contribution in [3.8, 4) is 11.5 Å². The molecule has 0 radical (unpaired) electrons. The molecule has 10 heteroatoms. The lowest BCUT2D eigenvalue weighted by atomic mass is 10.1. The number of hydrogen-bond acceptors (Lipinski definition) is 4. The summed E-state index contributed by atoms with van der Waals surface area (Å²) in [5.74, 6) is 0.468. The van der Waals surface area contributed by atoms with E-state index in [2.05, 4.69) is 5.32 Å². The van der Waals surface area contributed by atoms with Crippen molar-refractivity contribution in [2.75, 3.05) is 11.4 Å². The van der Waals surface area contributed by atoms with Crippen LogP contribution in [0.4, 0.5) is 18.9 Å². The number of alkyl halides is 3. The maximum absolute atomic E-state index is 13.4. The Morgan fingerprint density at radius 2 is 1.70 bits per heavy atom. The van der Waals surface area contributed by atoms with Crippen LogP contribution in [0.25, 0.3) is 0 Å². The van der Waals surface area contributed by atoms with Crippen LogP contribution in [-0.2, 0) is 15.8 Å². The molecule has 1 N–H and O–H groups in total. The van der Waals surface area contributed by atoms with Crippen molar-refractivity contribution < 1.29 is 27.5 Å². The molecule has 0 spiro atoms. The largest absolute Gasteiger partial charge is 0.457 e. The Morgan fingerprint density at radius 3 is 2.32 bits per heavy atom. The van der Waals surface area contributed by atoms with Gasteiger partial charge in [-0.2, -0.15) is 13.2 Å². The van der Waals surface area contributed by atoms with Crippen LogP contribution in [0.5, 0.6) is 11.5 Å². The first-order chi connectivity index (χ1) is 17.7. The van der Waals surface area contributed by atoms with Crippen molar-refractivity contribution in [2.24, 2.45) is 0 Å². The number of halogens is 4. The van der Waals surface area contributed by atoms with E-state index >= 15 is 0 Å². The second-order valence-electron chi connectivity index (χ2n) is 8.41. The second kappa shape index (κ2) is 11.5. The van der Waals surface area contributed by atoms with Gasteiger partial charge in [-0.3, -0.25) is 14.5 Å². The SMILES string of the molecule is CCCNC(=O)CC1SC(c2cccc(C(F)(F)F)c2)N(c2ccc(Oc3ccc(Cl)cc3)cc2)C1=O. The third kappa shape index (κ3) is 6.59. The molecule has 0 aliphatic carbocycles. The smallest absolute Gasteiger partial charge is 0.416 e. The molecule has 1 aliphatic heterocycles. The number of nitrogens with one attached hydrogen (secondary N) is 1. The Labute approximate surface area is 221 Å². The highest BCUT2D eigenvalue weighted by atomic mass is 35.5. The maximum Gasteiger partial charge on any atom is 0.416 e. The van der Waals surface area contributed by atoms with Gasteiger partial charge < -0.3 is 10.1 Å². The number of anilines is 1. The van der Waals surface area contributed by atoms with Gasteiger partial charge in [-0.15, -0.1) is 11.8 Å². The van der Waals surface area contributed by atoms with Gasteiger partial charge in [0.2, 0.25) is 11.8 Å². The van der Waals surface area contributed by atoms with Gasteiger partial charge >= 0.3 is 6.18 Å². The molecule has 2 atom stereocenters. The Morgan fingerprint density at radius 1 is 1.05 bits per heavy atom. The number of nitrogens with zero attached hydrogens (tertiary/aromatic N) is 1. The van der Waals surface area contributed by atoms with Gasteiger partial charge in [0.25, 0.3) is 0 Å². The first-order valence-electron chi connectivity index (χ1n) is 11.6. The van der Waals surface area contributed by atoms with Crippen molar-refractivity contribution >= 4 is 40.9 Å². The number of carbonyl (C=O) groups is 2. The highest BCUT2D eigenvalue weighted by Gasteiger charge is 2.43. The van der Waals surface area contributed by atoms with Gasteiger partial charge in [0.15, 0.2) is 0 Å². The minimum absolute atomic E-state index is 0.0623. The van der Waals surface area contributed by atoms with Gasteiger partial charge in [-0.25, -0.2) is 0 Å². The zero-order valence-electron chi connectivity index (χ0n) is 19.8. The number of benzene rings is 3. The van der Waals surface area contributed by atoms with Crippen LogP contribution >= 0.6 is 23.4 Å². The molecule has 5 nitrogen and oxygen atoms in total. The van der Waals surface area contributed by atoms with Crippen LogP contribution in [-0.4, -0.2) is 23.6 Å². The van der Waals surface area contributed by atoms with Crippen molar-refractivity contribution in [3.63, 3.8) is 0 Å². The molecule has 4 rings (SSSR count). The van der Waals surface area contributed by atoms with E-state index in [4.69, 9.17) is 16.3 Å². The first kappa shape index (κ1) is 26.9. The van der Waals surface area contributed by atoms with Crippen molar-refractivity contribution in [2.45, 2.75) is 36.6 Å². The van der Waals surface area contributed by atoms with Gasteiger partial charge in [0.05, 0.1) is 10.8 Å². The van der Waals surface area contributed by atoms with E-state index in [0.29, 0.717) is 34.3 Å². The molecule has 2 unspecified atom stereocenters. The van der Waals surface area contributed by atoms with Crippen LogP contribution in [0, 0.1) is 0 Å². The van der Waals surface area contributed by atoms with E-state index in [1.807, 2.05) is 6.92 Å². The molecule has 2 amide bonds. The molecule has 1 saturated heterocycles. The Kier molecular flexibility index (Phi) is 8.34. The first-order valence-corrected chi connectivity index (χ1v) is 12.9. The fourth-order valence-electron chi connectivity index (χ4n) is 3.86. The van der Waals surface area contributed by atoms with Crippen molar-refractivity contribution in [1.82, 2.24) is 5.32 Å². The molecule has 0 saturated carbocycles. The zero-order chi connectivity index (χ0) is 26.6. The Balaban J connectivity index is 1.62. The summed E-state index contributed by atoms with van der Waals surface area (Å²) < 4.78 is 46.0. The molecule has 1 heterocycles. The van der Waals surface area contributed by atoms with Crippen LogP contribution < -0.4 is 15.0 Å². The minimum Gasteiger partial charge on any atom is -0.457 e. The quantitative estimate of drug-likeness (QED) is 0.323. The lowest BCUT2D eigenvalue weighted by molar-refractivity contribution is -0.137. The van der Waals surface area contributed by atoms with E-state index in [-0.39, 0.29) is 18.2 Å². The summed E-state index contributed by atoms with van der Waals surface area (Å²) in [5, 5.41) is 1.86. The molecule has 3 aromatic carbocycles. The molecule has 3 aromatic rings. The van der Waals surface area contributed by atoms with Crippen molar-refractivity contribution in [1.29, 1.82) is 0 Å². The fraction of sp³-hybridized carbons (Fsp3) is 0.259. The topological polar surface area (TPSA) is 58.6 Å². The summed E-state index contributed by atoms with van der Waals surface area (Å²) in [7, 11) is 0. The normalized spacial score (nSPS) is 17.6. The van der Waals surface area contributed by atoms with Crippen LogP contribution in [0.3, 0.4) is 0 Å². The molecule has 0 aromatic heterocycles. The standard InChI is InChI=1S/C27H24ClF3N2O3S/c1-2-14-32-24(34)16-23-25(35)33(26(37-23)17-4-3-5-18(15-17)27(29,30)31)20-8-12-22(13-9-20)36-21-10-6-19(28)7-11-21/h3-13,15,23,26H,2,14,16H2,1H3,(H,32,34). The van der Waals surface area contributed by atoms with E-state index in [0.717, 1.165) is 18.6 Å². The summed E-state index contributed by atoms with van der Waals surface area (Å²) in [6.07, 6.45) is -3.83. The van der Waals surface area contributed by atoms with Crippen LogP contribution in [0.15, 0.2) is 72.8 Å². The third-order valence-corrected chi connectivity index (χ3v) is 7.34. The average Bonchev–Trinajstić information content (AvgIpc) is 3.20. The number of rotatable bonds is 8. The fourth-order valence-corrected chi connectivity index (χ4v) is 5.42. The highest BCUT2D eigenvalue weighted by Crippen LogP contribution is 2.47. The van der Waals surface area contributed by atoms with E-state index in [9.17, 15) is 22.8 Å². The number of thioether (sulfide) groups is 1. The molecule has 0 bridgehead atoms. The lowest BCUT2D eigenvalue weighted by Crippen LogP contribution is -2.34.